The number of carbonyl (C=O) groups is 1. The Morgan fingerprint density at radius 2 is 2.00 bits per heavy atom. The number of carbonyl (C=O) groups excluding carboxylic acids is 1. The minimum Gasteiger partial charge on any atom is -0.497 e. The van der Waals surface area contributed by atoms with Crippen LogP contribution in [-0.2, 0) is 0 Å². The molecule has 0 saturated carbocycles. The number of nitrogens with one attached hydrogen (secondary N) is 2. The zero-order chi connectivity index (χ0) is 14.3. The summed E-state index contributed by atoms with van der Waals surface area (Å²) >= 11 is 0. The first-order chi connectivity index (χ1) is 9.12. The highest BCUT2D eigenvalue weighted by Crippen LogP contribution is 2.24. The van der Waals surface area contributed by atoms with Gasteiger partial charge < -0.3 is 20.1 Å². The molecule has 0 aliphatic rings. The zero-order valence-corrected chi connectivity index (χ0v) is 11.9. The Labute approximate surface area is 114 Å². The molecule has 0 aliphatic heterocycles. The SMILES string of the molecule is CNCC(C)CNC(=O)c1ccc(OC)cc1OC. The highest BCUT2D eigenvalue weighted by molar-refractivity contribution is 5.97. The topological polar surface area (TPSA) is 59.6 Å². The Kier molecular flexibility index (Phi) is 6.15. The predicted molar refractivity (Wildman–Crippen MR) is 75.0 cm³/mol. The van der Waals surface area contributed by atoms with E-state index in [1.807, 2.05) is 7.05 Å². The fourth-order valence-corrected chi connectivity index (χ4v) is 1.77. The first kappa shape index (κ1) is 15.3. The Morgan fingerprint density at radius 1 is 1.26 bits per heavy atom. The second-order valence-electron chi connectivity index (χ2n) is 4.44. The number of rotatable bonds is 7. The molecule has 1 atom stereocenters. The number of hydrogen-bond donors (Lipinski definition) is 2. The summed E-state index contributed by atoms with van der Waals surface area (Å²) in [4.78, 5) is 12.1. The maximum atomic E-state index is 12.1. The first-order valence-corrected chi connectivity index (χ1v) is 6.27. The summed E-state index contributed by atoms with van der Waals surface area (Å²) in [6.45, 7) is 3.55. The van der Waals surface area contributed by atoms with Crippen LogP contribution in [0.3, 0.4) is 0 Å². The molecule has 19 heavy (non-hydrogen) atoms. The molecule has 1 unspecified atom stereocenters. The molecule has 5 nitrogen and oxygen atoms in total. The average Bonchev–Trinajstić information content (AvgIpc) is 2.44. The van der Waals surface area contributed by atoms with Crippen LogP contribution in [0.2, 0.25) is 0 Å². The van der Waals surface area contributed by atoms with E-state index in [1.165, 1.54) is 7.11 Å². The van der Waals surface area contributed by atoms with Crippen LogP contribution in [0.15, 0.2) is 18.2 Å². The molecule has 2 N–H and O–H groups in total. The van der Waals surface area contributed by atoms with E-state index in [-0.39, 0.29) is 5.91 Å². The standard InChI is InChI=1S/C14H22N2O3/c1-10(8-15-2)9-16-14(17)12-6-5-11(18-3)7-13(12)19-4/h5-7,10,15H,8-9H2,1-4H3,(H,16,17). The maximum Gasteiger partial charge on any atom is 0.255 e. The van der Waals surface area contributed by atoms with Crippen molar-refractivity contribution in [2.24, 2.45) is 5.92 Å². The first-order valence-electron chi connectivity index (χ1n) is 6.27. The quantitative estimate of drug-likeness (QED) is 0.781. The monoisotopic (exact) mass is 266 g/mol. The molecular weight excluding hydrogens is 244 g/mol. The van der Waals surface area contributed by atoms with Gasteiger partial charge in [-0.05, 0) is 31.6 Å². The second kappa shape index (κ2) is 7.63. The number of methoxy groups -OCH3 is 2. The summed E-state index contributed by atoms with van der Waals surface area (Å²) in [6.07, 6.45) is 0. The van der Waals surface area contributed by atoms with E-state index in [9.17, 15) is 4.79 Å². The van der Waals surface area contributed by atoms with Crippen molar-refractivity contribution in [2.75, 3.05) is 34.4 Å². The van der Waals surface area contributed by atoms with E-state index < -0.39 is 0 Å². The van der Waals surface area contributed by atoms with Crippen LogP contribution in [0.1, 0.15) is 17.3 Å². The van der Waals surface area contributed by atoms with Crippen LogP contribution in [0.4, 0.5) is 0 Å². The molecule has 0 fully saturated rings. The smallest absolute Gasteiger partial charge is 0.255 e. The molecule has 106 valence electrons. The van der Waals surface area contributed by atoms with E-state index in [0.717, 1.165) is 6.54 Å². The average molecular weight is 266 g/mol. The van der Waals surface area contributed by atoms with Crippen LogP contribution in [0, 0.1) is 5.92 Å². The summed E-state index contributed by atoms with van der Waals surface area (Å²) in [5.74, 6) is 1.41. The highest BCUT2D eigenvalue weighted by Gasteiger charge is 2.13. The number of ether oxygens (including phenoxy) is 2. The van der Waals surface area contributed by atoms with Gasteiger partial charge in [0.15, 0.2) is 0 Å². The van der Waals surface area contributed by atoms with Gasteiger partial charge in [0.05, 0.1) is 19.8 Å². The van der Waals surface area contributed by atoms with Crippen LogP contribution in [0.25, 0.3) is 0 Å². The predicted octanol–water partition coefficient (Wildman–Crippen LogP) is 1.29. The Morgan fingerprint density at radius 3 is 2.58 bits per heavy atom. The summed E-state index contributed by atoms with van der Waals surface area (Å²) in [6, 6.07) is 5.15. The zero-order valence-electron chi connectivity index (χ0n) is 11.9. The summed E-state index contributed by atoms with van der Waals surface area (Å²) in [7, 11) is 5.01. The van der Waals surface area contributed by atoms with Crippen LogP contribution < -0.4 is 20.1 Å². The molecule has 1 rings (SSSR count). The van der Waals surface area contributed by atoms with Crippen molar-refractivity contribution in [3.05, 3.63) is 23.8 Å². The highest BCUT2D eigenvalue weighted by atomic mass is 16.5. The van der Waals surface area contributed by atoms with Gasteiger partial charge in [-0.3, -0.25) is 4.79 Å². The second-order valence-corrected chi connectivity index (χ2v) is 4.44. The minimum atomic E-state index is -0.137. The molecule has 0 aliphatic carbocycles. The van der Waals surface area contributed by atoms with Crippen LogP contribution in [-0.4, -0.2) is 40.3 Å². The molecule has 1 aromatic rings. The van der Waals surface area contributed by atoms with E-state index in [1.54, 1.807) is 25.3 Å². The Hall–Kier alpha value is -1.75. The van der Waals surface area contributed by atoms with Crippen molar-refractivity contribution in [1.29, 1.82) is 0 Å². The number of benzene rings is 1. The van der Waals surface area contributed by atoms with E-state index >= 15 is 0 Å². The van der Waals surface area contributed by atoms with Gasteiger partial charge in [-0.1, -0.05) is 6.92 Å². The van der Waals surface area contributed by atoms with Crippen molar-refractivity contribution in [1.82, 2.24) is 10.6 Å². The normalized spacial score (nSPS) is 11.8. The summed E-state index contributed by atoms with van der Waals surface area (Å²) in [5, 5.41) is 5.97. The molecule has 1 amide bonds. The lowest BCUT2D eigenvalue weighted by molar-refractivity contribution is 0.0945. The summed E-state index contributed by atoms with van der Waals surface area (Å²) in [5.41, 5.74) is 0.514. The maximum absolute atomic E-state index is 12.1. The molecule has 5 heteroatoms. The van der Waals surface area contributed by atoms with Crippen molar-refractivity contribution in [3.63, 3.8) is 0 Å². The molecular formula is C14H22N2O3. The molecule has 0 spiro atoms. The molecule has 0 radical (unpaired) electrons. The van der Waals surface area contributed by atoms with Crippen molar-refractivity contribution in [2.45, 2.75) is 6.92 Å². The van der Waals surface area contributed by atoms with Crippen molar-refractivity contribution < 1.29 is 14.3 Å². The number of amides is 1. The van der Waals surface area contributed by atoms with Gasteiger partial charge >= 0.3 is 0 Å². The largest absolute Gasteiger partial charge is 0.497 e. The Balaban J connectivity index is 2.71. The third-order valence-corrected chi connectivity index (χ3v) is 2.82. The lowest BCUT2D eigenvalue weighted by Gasteiger charge is -2.14. The molecule has 1 aromatic carbocycles. The fraction of sp³-hybridized carbons (Fsp3) is 0.500. The van der Waals surface area contributed by atoms with Crippen LogP contribution >= 0.6 is 0 Å². The Bertz CT molecular complexity index is 421. The van der Waals surface area contributed by atoms with Gasteiger partial charge in [0.1, 0.15) is 11.5 Å². The van der Waals surface area contributed by atoms with E-state index in [4.69, 9.17) is 9.47 Å². The van der Waals surface area contributed by atoms with Crippen molar-refractivity contribution in [3.8, 4) is 11.5 Å². The van der Waals surface area contributed by atoms with Crippen molar-refractivity contribution >= 4 is 5.91 Å². The lowest BCUT2D eigenvalue weighted by atomic mass is 10.1. The minimum absolute atomic E-state index is 0.137. The molecule has 0 aromatic heterocycles. The van der Waals surface area contributed by atoms with Gasteiger partial charge in [0, 0.05) is 12.6 Å². The number of hydrogen-bond acceptors (Lipinski definition) is 4. The third-order valence-electron chi connectivity index (χ3n) is 2.82. The van der Waals surface area contributed by atoms with Gasteiger partial charge in [-0.15, -0.1) is 0 Å². The van der Waals surface area contributed by atoms with Gasteiger partial charge in [-0.2, -0.15) is 0 Å². The van der Waals surface area contributed by atoms with E-state index in [2.05, 4.69) is 17.6 Å². The van der Waals surface area contributed by atoms with E-state index in [0.29, 0.717) is 29.5 Å². The van der Waals surface area contributed by atoms with Gasteiger partial charge in [0.2, 0.25) is 0 Å². The lowest BCUT2D eigenvalue weighted by Crippen LogP contribution is -2.32. The molecule has 0 saturated heterocycles. The van der Waals surface area contributed by atoms with Gasteiger partial charge in [0.25, 0.3) is 5.91 Å². The third kappa shape index (κ3) is 4.44. The molecule has 0 bridgehead atoms. The van der Waals surface area contributed by atoms with Crippen LogP contribution in [0.5, 0.6) is 11.5 Å². The summed E-state index contributed by atoms with van der Waals surface area (Å²) < 4.78 is 10.3. The molecule has 0 heterocycles. The fourth-order valence-electron chi connectivity index (χ4n) is 1.77. The van der Waals surface area contributed by atoms with Gasteiger partial charge in [-0.25, -0.2) is 0 Å².